The van der Waals surface area contributed by atoms with Crippen molar-refractivity contribution in [1.29, 1.82) is 0 Å². The van der Waals surface area contributed by atoms with Crippen LogP contribution in [-0.4, -0.2) is 11.6 Å². The number of nitrogens with zero attached hydrogens (tertiary/aromatic N) is 1. The molecule has 0 unspecified atom stereocenters. The van der Waals surface area contributed by atoms with Gasteiger partial charge in [0, 0.05) is 11.8 Å². The van der Waals surface area contributed by atoms with Crippen LogP contribution in [0.5, 0.6) is 5.75 Å². The molecule has 2 rings (SSSR count). The van der Waals surface area contributed by atoms with Crippen molar-refractivity contribution in [2.45, 2.75) is 13.5 Å². The number of hydrogen-bond acceptors (Lipinski definition) is 4. The van der Waals surface area contributed by atoms with Gasteiger partial charge in [0.05, 0.1) is 19.3 Å². The van der Waals surface area contributed by atoms with Gasteiger partial charge in [-0.05, 0) is 25.1 Å². The average molecular weight is 218 g/mol. The molecule has 0 fully saturated rings. The fourth-order valence-corrected chi connectivity index (χ4v) is 1.44. The van der Waals surface area contributed by atoms with E-state index in [1.807, 2.05) is 25.1 Å². The van der Waals surface area contributed by atoms with Crippen LogP contribution in [0.15, 0.2) is 35.0 Å². The van der Waals surface area contributed by atoms with Gasteiger partial charge in [0.2, 0.25) is 0 Å². The van der Waals surface area contributed by atoms with Gasteiger partial charge in [0.15, 0.2) is 0 Å². The highest BCUT2D eigenvalue weighted by molar-refractivity contribution is 5.58. The summed E-state index contributed by atoms with van der Waals surface area (Å²) in [6, 6.07) is 5.65. The van der Waals surface area contributed by atoms with Gasteiger partial charge in [-0.1, -0.05) is 0 Å². The van der Waals surface area contributed by atoms with E-state index in [1.165, 1.54) is 0 Å². The topological polar surface area (TPSA) is 61.3 Å². The Bertz CT molecular complexity index is 466. The van der Waals surface area contributed by atoms with Crippen LogP contribution >= 0.6 is 0 Å². The summed E-state index contributed by atoms with van der Waals surface area (Å²) in [7, 11) is 0. The van der Waals surface area contributed by atoms with Gasteiger partial charge >= 0.3 is 0 Å². The van der Waals surface area contributed by atoms with E-state index >= 15 is 0 Å². The minimum atomic E-state index is 0.401. The standard InChI is InChI=1S/C12H14N2O2/c1-2-15-11-5-9(7-14-8-11)12-4-3-10(6-13)16-12/h3-5,7-8H,2,6,13H2,1H3. The van der Waals surface area contributed by atoms with Crippen molar-refractivity contribution in [2.75, 3.05) is 6.61 Å². The Kier molecular flexibility index (Phi) is 3.22. The molecule has 0 spiro atoms. The number of furan rings is 1. The lowest BCUT2D eigenvalue weighted by molar-refractivity contribution is 0.339. The molecule has 0 atom stereocenters. The predicted molar refractivity (Wildman–Crippen MR) is 61.0 cm³/mol. The maximum atomic E-state index is 5.53. The first-order valence-electron chi connectivity index (χ1n) is 5.20. The highest BCUT2D eigenvalue weighted by Crippen LogP contribution is 2.24. The molecule has 84 valence electrons. The zero-order valence-electron chi connectivity index (χ0n) is 9.14. The summed E-state index contributed by atoms with van der Waals surface area (Å²) in [5.74, 6) is 2.26. The molecule has 0 saturated carbocycles. The molecule has 0 amide bonds. The lowest BCUT2D eigenvalue weighted by Crippen LogP contribution is -1.93. The van der Waals surface area contributed by atoms with Crippen molar-refractivity contribution in [3.63, 3.8) is 0 Å². The number of ether oxygens (including phenoxy) is 1. The van der Waals surface area contributed by atoms with E-state index in [4.69, 9.17) is 14.9 Å². The molecule has 4 nitrogen and oxygen atoms in total. The molecular weight excluding hydrogens is 204 g/mol. The van der Waals surface area contributed by atoms with Gasteiger partial charge in [-0.3, -0.25) is 4.98 Å². The Morgan fingerprint density at radius 3 is 2.94 bits per heavy atom. The smallest absolute Gasteiger partial charge is 0.138 e. The second-order valence-electron chi connectivity index (χ2n) is 3.31. The van der Waals surface area contributed by atoms with E-state index in [-0.39, 0.29) is 0 Å². The number of hydrogen-bond donors (Lipinski definition) is 1. The van der Waals surface area contributed by atoms with Gasteiger partial charge in [-0.2, -0.15) is 0 Å². The van der Waals surface area contributed by atoms with E-state index in [0.717, 1.165) is 22.8 Å². The third-order valence-electron chi connectivity index (χ3n) is 2.17. The Morgan fingerprint density at radius 1 is 1.38 bits per heavy atom. The number of rotatable bonds is 4. The Hall–Kier alpha value is -1.81. The zero-order chi connectivity index (χ0) is 11.4. The quantitative estimate of drug-likeness (QED) is 0.854. The Morgan fingerprint density at radius 2 is 2.25 bits per heavy atom. The maximum Gasteiger partial charge on any atom is 0.138 e. The van der Waals surface area contributed by atoms with Gasteiger partial charge in [0.1, 0.15) is 17.3 Å². The van der Waals surface area contributed by atoms with E-state index in [2.05, 4.69) is 4.98 Å². The lowest BCUT2D eigenvalue weighted by atomic mass is 10.2. The Labute approximate surface area is 94.1 Å². The third kappa shape index (κ3) is 2.23. The number of nitrogens with two attached hydrogens (primary N) is 1. The van der Waals surface area contributed by atoms with Crippen molar-refractivity contribution < 1.29 is 9.15 Å². The van der Waals surface area contributed by atoms with E-state index in [1.54, 1.807) is 12.4 Å². The summed E-state index contributed by atoms with van der Waals surface area (Å²) in [6.07, 6.45) is 3.42. The van der Waals surface area contributed by atoms with Gasteiger partial charge < -0.3 is 14.9 Å². The molecule has 2 aromatic rings. The largest absolute Gasteiger partial charge is 0.492 e. The summed E-state index contributed by atoms with van der Waals surface area (Å²) in [5.41, 5.74) is 6.38. The second-order valence-corrected chi connectivity index (χ2v) is 3.31. The lowest BCUT2D eigenvalue weighted by Gasteiger charge is -2.03. The van der Waals surface area contributed by atoms with E-state index in [0.29, 0.717) is 13.2 Å². The second kappa shape index (κ2) is 4.81. The molecule has 0 aliphatic carbocycles. The van der Waals surface area contributed by atoms with Gasteiger partial charge in [-0.15, -0.1) is 0 Å². The van der Waals surface area contributed by atoms with Crippen molar-refractivity contribution in [3.05, 3.63) is 36.4 Å². The van der Waals surface area contributed by atoms with Crippen LogP contribution < -0.4 is 10.5 Å². The van der Waals surface area contributed by atoms with Crippen molar-refractivity contribution >= 4 is 0 Å². The fourth-order valence-electron chi connectivity index (χ4n) is 1.44. The summed E-state index contributed by atoms with van der Waals surface area (Å²) in [5, 5.41) is 0. The average Bonchev–Trinajstić information content (AvgIpc) is 2.78. The molecular formula is C12H14N2O2. The molecule has 0 saturated heterocycles. The van der Waals surface area contributed by atoms with Crippen LogP contribution in [0.1, 0.15) is 12.7 Å². The normalized spacial score (nSPS) is 10.4. The molecule has 2 heterocycles. The molecule has 0 bridgehead atoms. The van der Waals surface area contributed by atoms with Gasteiger partial charge in [-0.25, -0.2) is 0 Å². The first-order chi connectivity index (χ1) is 7.83. The van der Waals surface area contributed by atoms with Crippen molar-refractivity contribution in [1.82, 2.24) is 4.98 Å². The van der Waals surface area contributed by atoms with Gasteiger partial charge in [0.25, 0.3) is 0 Å². The van der Waals surface area contributed by atoms with Crippen LogP contribution in [0.3, 0.4) is 0 Å². The molecule has 0 aromatic carbocycles. The van der Waals surface area contributed by atoms with E-state index < -0.39 is 0 Å². The summed E-state index contributed by atoms with van der Waals surface area (Å²) < 4.78 is 10.9. The summed E-state index contributed by atoms with van der Waals surface area (Å²) in [4.78, 5) is 4.10. The fraction of sp³-hybridized carbons (Fsp3) is 0.250. The molecule has 2 aromatic heterocycles. The molecule has 2 N–H and O–H groups in total. The summed E-state index contributed by atoms with van der Waals surface area (Å²) >= 11 is 0. The van der Waals surface area contributed by atoms with Crippen LogP contribution in [0, 0.1) is 0 Å². The molecule has 4 heteroatoms. The van der Waals surface area contributed by atoms with Crippen LogP contribution in [0.2, 0.25) is 0 Å². The highest BCUT2D eigenvalue weighted by Gasteiger charge is 2.05. The third-order valence-corrected chi connectivity index (χ3v) is 2.17. The molecule has 0 aliphatic heterocycles. The van der Waals surface area contributed by atoms with Crippen LogP contribution in [-0.2, 0) is 6.54 Å². The maximum absolute atomic E-state index is 5.53. The Balaban J connectivity index is 2.28. The van der Waals surface area contributed by atoms with Crippen LogP contribution in [0.25, 0.3) is 11.3 Å². The predicted octanol–water partition coefficient (Wildman–Crippen LogP) is 2.20. The van der Waals surface area contributed by atoms with Crippen LogP contribution in [0.4, 0.5) is 0 Å². The van der Waals surface area contributed by atoms with Crippen molar-refractivity contribution in [2.24, 2.45) is 5.73 Å². The monoisotopic (exact) mass is 218 g/mol. The first kappa shape index (κ1) is 10.7. The minimum Gasteiger partial charge on any atom is -0.492 e. The molecule has 0 radical (unpaired) electrons. The molecule has 0 aliphatic rings. The minimum absolute atomic E-state index is 0.401. The number of pyridine rings is 1. The first-order valence-corrected chi connectivity index (χ1v) is 5.20. The SMILES string of the molecule is CCOc1cncc(-c2ccc(CN)o2)c1. The van der Waals surface area contributed by atoms with E-state index in [9.17, 15) is 0 Å². The number of aromatic nitrogens is 1. The zero-order valence-corrected chi connectivity index (χ0v) is 9.14. The highest BCUT2D eigenvalue weighted by atomic mass is 16.5. The molecule has 16 heavy (non-hydrogen) atoms. The van der Waals surface area contributed by atoms with Crippen molar-refractivity contribution in [3.8, 4) is 17.1 Å². The summed E-state index contributed by atoms with van der Waals surface area (Å²) in [6.45, 7) is 2.96.